The lowest BCUT2D eigenvalue weighted by atomic mass is 10.1. The molecule has 0 amide bonds. The summed E-state index contributed by atoms with van der Waals surface area (Å²) in [6.45, 7) is 0. The minimum atomic E-state index is -5.16. The number of phenols is 1. The molecular weight excluding hydrogens is 245 g/mol. The maximum Gasteiger partial charge on any atom is 0.420 e. The highest BCUT2D eigenvalue weighted by atomic mass is 19.4. The van der Waals surface area contributed by atoms with Gasteiger partial charge in [0.15, 0.2) is 0 Å². The van der Waals surface area contributed by atoms with E-state index in [0.717, 1.165) is 0 Å². The van der Waals surface area contributed by atoms with Gasteiger partial charge in [0.25, 0.3) is 0 Å². The zero-order chi connectivity index (χ0) is 12.7. The zero-order valence-corrected chi connectivity index (χ0v) is 7.25. The Morgan fingerprint density at radius 3 is 1.62 bits per heavy atom. The molecule has 0 radical (unpaired) electrons. The normalized spacial score (nSPS) is 12.9. The van der Waals surface area contributed by atoms with E-state index in [9.17, 15) is 30.7 Å². The fraction of sp³-hybridized carbons (Fsp3) is 0.250. The smallest absolute Gasteiger partial charge is 0.420 e. The van der Waals surface area contributed by atoms with Gasteiger partial charge in [-0.1, -0.05) is 0 Å². The molecule has 0 atom stereocenters. The Bertz CT molecular complexity index is 364. The molecule has 0 bridgehead atoms. The van der Waals surface area contributed by atoms with E-state index >= 15 is 0 Å². The van der Waals surface area contributed by atoms with Gasteiger partial charge >= 0.3 is 12.4 Å². The molecule has 8 heteroatoms. The zero-order valence-electron chi connectivity index (χ0n) is 7.25. The molecule has 0 saturated heterocycles. The summed E-state index contributed by atoms with van der Waals surface area (Å²) in [6.07, 6.45) is -10.3. The number of phenolic OH excluding ortho intramolecular Hbond substituents is 1. The summed E-state index contributed by atoms with van der Waals surface area (Å²) in [6, 6.07) is -0.684. The number of benzene rings is 1. The molecule has 16 heavy (non-hydrogen) atoms. The van der Waals surface area contributed by atoms with Crippen molar-refractivity contribution in [3.05, 3.63) is 29.1 Å². The second-order valence-corrected chi connectivity index (χ2v) is 2.84. The van der Waals surface area contributed by atoms with Crippen molar-refractivity contribution in [3.8, 4) is 5.75 Å². The first-order chi connectivity index (χ1) is 7.03. The lowest BCUT2D eigenvalue weighted by Crippen LogP contribution is -2.12. The van der Waals surface area contributed by atoms with Crippen LogP contribution in [0.4, 0.5) is 30.7 Å². The second kappa shape index (κ2) is 3.53. The van der Waals surface area contributed by atoms with Crippen LogP contribution < -0.4 is 0 Å². The molecule has 1 rings (SSSR count). The number of aromatic hydroxyl groups is 1. The average molecular weight is 248 g/mol. The molecule has 1 aromatic carbocycles. The molecule has 1 nitrogen and oxygen atoms in total. The summed E-state index contributed by atoms with van der Waals surface area (Å²) in [4.78, 5) is 0. The molecular formula is C8H3F7O. The van der Waals surface area contributed by atoms with Crippen LogP contribution in [0, 0.1) is 5.82 Å². The van der Waals surface area contributed by atoms with Crippen molar-refractivity contribution in [3.63, 3.8) is 0 Å². The summed E-state index contributed by atoms with van der Waals surface area (Å²) in [5.74, 6) is -3.75. The van der Waals surface area contributed by atoms with Crippen molar-refractivity contribution >= 4 is 0 Å². The van der Waals surface area contributed by atoms with Gasteiger partial charge in [0, 0.05) is 0 Å². The fourth-order valence-corrected chi connectivity index (χ4v) is 1.01. The van der Waals surface area contributed by atoms with Gasteiger partial charge in [-0.3, -0.25) is 0 Å². The molecule has 0 fully saturated rings. The van der Waals surface area contributed by atoms with E-state index in [1.807, 2.05) is 0 Å². The van der Waals surface area contributed by atoms with Crippen LogP contribution in [-0.2, 0) is 12.4 Å². The first kappa shape index (κ1) is 12.6. The van der Waals surface area contributed by atoms with Crippen LogP contribution in [0.25, 0.3) is 0 Å². The van der Waals surface area contributed by atoms with Gasteiger partial charge in [0.05, 0.1) is 5.56 Å². The molecule has 0 spiro atoms. The number of alkyl halides is 6. The largest absolute Gasteiger partial charge is 0.507 e. The maximum atomic E-state index is 12.7. The van der Waals surface area contributed by atoms with Crippen LogP contribution in [0.15, 0.2) is 12.1 Å². The number of rotatable bonds is 0. The van der Waals surface area contributed by atoms with Crippen molar-refractivity contribution in [1.82, 2.24) is 0 Å². The summed E-state index contributed by atoms with van der Waals surface area (Å²) in [5.41, 5.74) is -3.80. The van der Waals surface area contributed by atoms with E-state index in [1.165, 1.54) is 0 Å². The van der Waals surface area contributed by atoms with E-state index in [1.54, 1.807) is 0 Å². The Morgan fingerprint density at radius 2 is 1.25 bits per heavy atom. The molecule has 0 saturated carbocycles. The third-order valence-electron chi connectivity index (χ3n) is 1.70. The molecule has 0 aliphatic rings. The van der Waals surface area contributed by atoms with Gasteiger partial charge in [-0.05, 0) is 12.1 Å². The Kier molecular flexibility index (Phi) is 2.78. The van der Waals surface area contributed by atoms with Crippen molar-refractivity contribution in [2.45, 2.75) is 12.4 Å². The van der Waals surface area contributed by atoms with E-state index in [4.69, 9.17) is 5.11 Å². The SMILES string of the molecule is Oc1cc(C(F)(F)F)c(F)cc1C(F)(F)F. The van der Waals surface area contributed by atoms with Crippen LogP contribution in [0.1, 0.15) is 11.1 Å². The Hall–Kier alpha value is -1.47. The summed E-state index contributed by atoms with van der Waals surface area (Å²) in [7, 11) is 0. The quantitative estimate of drug-likeness (QED) is 0.696. The van der Waals surface area contributed by atoms with Crippen molar-refractivity contribution in [1.29, 1.82) is 0 Å². The van der Waals surface area contributed by atoms with E-state index in [0.29, 0.717) is 0 Å². The van der Waals surface area contributed by atoms with E-state index in [2.05, 4.69) is 0 Å². The van der Waals surface area contributed by atoms with Gasteiger partial charge in [-0.25, -0.2) is 4.39 Å². The molecule has 0 aromatic heterocycles. The van der Waals surface area contributed by atoms with Gasteiger partial charge < -0.3 is 5.11 Å². The van der Waals surface area contributed by atoms with Crippen LogP contribution in [-0.4, -0.2) is 5.11 Å². The number of halogens is 7. The minimum Gasteiger partial charge on any atom is -0.507 e. The van der Waals surface area contributed by atoms with Crippen LogP contribution in [0.3, 0.4) is 0 Å². The molecule has 0 aliphatic heterocycles. The van der Waals surface area contributed by atoms with Gasteiger partial charge in [0.2, 0.25) is 0 Å². The van der Waals surface area contributed by atoms with Gasteiger partial charge in [-0.15, -0.1) is 0 Å². The molecule has 0 unspecified atom stereocenters. The van der Waals surface area contributed by atoms with Crippen LogP contribution in [0.5, 0.6) is 5.75 Å². The monoisotopic (exact) mass is 248 g/mol. The fourth-order valence-electron chi connectivity index (χ4n) is 1.01. The summed E-state index contributed by atoms with van der Waals surface area (Å²) < 4.78 is 84.9. The molecule has 1 N–H and O–H groups in total. The Morgan fingerprint density at radius 1 is 0.812 bits per heavy atom. The molecule has 90 valence electrons. The van der Waals surface area contributed by atoms with E-state index < -0.39 is 41.1 Å². The van der Waals surface area contributed by atoms with Crippen molar-refractivity contribution in [2.24, 2.45) is 0 Å². The highest BCUT2D eigenvalue weighted by molar-refractivity contribution is 5.40. The summed E-state index contributed by atoms with van der Waals surface area (Å²) >= 11 is 0. The molecule has 0 aliphatic carbocycles. The topological polar surface area (TPSA) is 20.2 Å². The molecule has 1 aromatic rings. The third kappa shape index (κ3) is 2.37. The Balaban J connectivity index is 3.40. The van der Waals surface area contributed by atoms with Gasteiger partial charge in [0.1, 0.15) is 17.1 Å². The summed E-state index contributed by atoms with van der Waals surface area (Å²) in [5, 5.41) is 8.73. The first-order valence-electron chi connectivity index (χ1n) is 3.70. The lowest BCUT2D eigenvalue weighted by molar-refractivity contribution is -0.144. The highest BCUT2D eigenvalue weighted by Gasteiger charge is 2.40. The first-order valence-corrected chi connectivity index (χ1v) is 3.70. The average Bonchev–Trinajstić information content (AvgIpc) is 2.04. The predicted molar refractivity (Wildman–Crippen MR) is 38.1 cm³/mol. The predicted octanol–water partition coefficient (Wildman–Crippen LogP) is 3.57. The maximum absolute atomic E-state index is 12.7. The standard InChI is InChI=1S/C8H3F7O/c9-5-1-4(8(13,14)15)6(16)2-3(5)7(10,11)12/h1-2,16H. The lowest BCUT2D eigenvalue weighted by Gasteiger charge is -2.13. The Labute approximate surface area is 84.1 Å². The third-order valence-corrected chi connectivity index (χ3v) is 1.70. The highest BCUT2D eigenvalue weighted by Crippen LogP contribution is 2.40. The molecule has 0 heterocycles. The van der Waals surface area contributed by atoms with Crippen LogP contribution >= 0.6 is 0 Å². The number of hydrogen-bond donors (Lipinski definition) is 1. The van der Waals surface area contributed by atoms with Crippen molar-refractivity contribution < 1.29 is 35.8 Å². The number of hydrogen-bond acceptors (Lipinski definition) is 1. The second-order valence-electron chi connectivity index (χ2n) is 2.84. The van der Waals surface area contributed by atoms with Gasteiger partial charge in [-0.2, -0.15) is 26.3 Å². The van der Waals surface area contributed by atoms with E-state index in [-0.39, 0.29) is 6.07 Å². The minimum absolute atomic E-state index is 0.293. The van der Waals surface area contributed by atoms with Crippen molar-refractivity contribution in [2.75, 3.05) is 0 Å². The van der Waals surface area contributed by atoms with Crippen LogP contribution in [0.2, 0.25) is 0 Å².